The smallest absolute Gasteiger partial charge is 0.305 e. The fraction of sp³-hybridized carbons (Fsp3) is 0.250. The summed E-state index contributed by atoms with van der Waals surface area (Å²) in [5.74, 6) is -1.29. The Balaban J connectivity index is 2.15. The van der Waals surface area contributed by atoms with Gasteiger partial charge in [-0.3, -0.25) is 9.59 Å². The highest BCUT2D eigenvalue weighted by atomic mass is 32.1. The van der Waals surface area contributed by atoms with Gasteiger partial charge in [0.25, 0.3) is 5.91 Å². The molecular formula is C12H13N3O3S. The zero-order valence-corrected chi connectivity index (χ0v) is 11.1. The van der Waals surface area contributed by atoms with Crippen LogP contribution in [0.25, 0.3) is 0 Å². The van der Waals surface area contributed by atoms with E-state index in [1.807, 2.05) is 17.5 Å². The molecule has 2 aromatic heterocycles. The minimum Gasteiger partial charge on any atom is -0.481 e. The summed E-state index contributed by atoms with van der Waals surface area (Å²) in [5, 5.41) is 13.5. The summed E-state index contributed by atoms with van der Waals surface area (Å²) >= 11 is 1.42. The molecule has 2 aromatic rings. The maximum Gasteiger partial charge on any atom is 0.305 e. The number of hydrogen-bond acceptors (Lipinski definition) is 4. The number of carbonyl (C=O) groups excluding carboxylic acids is 1. The van der Waals surface area contributed by atoms with Gasteiger partial charge in [-0.05, 0) is 11.4 Å². The Bertz CT molecular complexity index is 577. The lowest BCUT2D eigenvalue weighted by Crippen LogP contribution is -2.30. The Kier molecular flexibility index (Phi) is 3.96. The van der Waals surface area contributed by atoms with Gasteiger partial charge in [0.15, 0.2) is 0 Å². The molecule has 0 aliphatic carbocycles. The molecular weight excluding hydrogens is 266 g/mol. The predicted octanol–water partition coefficient (Wildman–Crippen LogP) is 1.43. The number of imidazole rings is 1. The van der Waals surface area contributed by atoms with Crippen molar-refractivity contribution in [3.05, 3.63) is 40.6 Å². The first-order valence-electron chi connectivity index (χ1n) is 5.60. The molecule has 2 N–H and O–H groups in total. The second-order valence-corrected chi connectivity index (χ2v) is 5.01. The monoisotopic (exact) mass is 279 g/mol. The summed E-state index contributed by atoms with van der Waals surface area (Å²) in [4.78, 5) is 27.6. The minimum atomic E-state index is -0.955. The zero-order valence-electron chi connectivity index (χ0n) is 10.2. The van der Waals surface area contributed by atoms with Crippen LogP contribution in [0.2, 0.25) is 0 Å². The standard InChI is InChI=1S/C12H13N3O3S/c1-15-7-13-6-9(15)12(18)14-8(5-11(16)17)10-3-2-4-19-10/h2-4,6-8H,5H2,1H3,(H,14,18)(H,16,17). The van der Waals surface area contributed by atoms with Crippen LogP contribution >= 0.6 is 11.3 Å². The van der Waals surface area contributed by atoms with E-state index in [9.17, 15) is 9.59 Å². The third-order valence-electron chi connectivity index (χ3n) is 2.62. The van der Waals surface area contributed by atoms with E-state index >= 15 is 0 Å². The summed E-state index contributed by atoms with van der Waals surface area (Å²) in [6.45, 7) is 0. The zero-order chi connectivity index (χ0) is 13.8. The molecule has 7 heteroatoms. The molecule has 1 unspecified atom stereocenters. The number of hydrogen-bond donors (Lipinski definition) is 2. The van der Waals surface area contributed by atoms with Crippen molar-refractivity contribution in [3.8, 4) is 0 Å². The number of carboxylic acid groups (broad SMARTS) is 1. The van der Waals surface area contributed by atoms with Gasteiger partial charge >= 0.3 is 5.97 Å². The maximum absolute atomic E-state index is 12.1. The van der Waals surface area contributed by atoms with Crippen molar-refractivity contribution >= 4 is 23.2 Å². The third kappa shape index (κ3) is 3.19. The Hall–Kier alpha value is -2.15. The number of aromatic nitrogens is 2. The van der Waals surface area contributed by atoms with E-state index in [1.54, 1.807) is 11.6 Å². The Labute approximate surface area is 113 Å². The van der Waals surface area contributed by atoms with E-state index < -0.39 is 12.0 Å². The molecule has 0 aliphatic rings. The van der Waals surface area contributed by atoms with Crippen LogP contribution in [0, 0.1) is 0 Å². The van der Waals surface area contributed by atoms with Gasteiger partial charge in [0, 0.05) is 11.9 Å². The van der Waals surface area contributed by atoms with Crippen LogP contribution in [0.3, 0.4) is 0 Å². The molecule has 2 heterocycles. The Morgan fingerprint density at radius 1 is 1.58 bits per heavy atom. The molecule has 0 bridgehead atoms. The van der Waals surface area contributed by atoms with E-state index in [1.165, 1.54) is 23.9 Å². The average Bonchev–Trinajstić information content (AvgIpc) is 2.97. The highest BCUT2D eigenvalue weighted by Gasteiger charge is 2.20. The fourth-order valence-electron chi connectivity index (χ4n) is 1.70. The summed E-state index contributed by atoms with van der Waals surface area (Å²) in [6, 6.07) is 3.10. The van der Waals surface area contributed by atoms with Gasteiger partial charge in [-0.1, -0.05) is 6.07 Å². The topological polar surface area (TPSA) is 84.2 Å². The first-order valence-corrected chi connectivity index (χ1v) is 6.48. The molecule has 6 nitrogen and oxygen atoms in total. The molecule has 0 spiro atoms. The SMILES string of the molecule is Cn1cncc1C(=O)NC(CC(=O)O)c1cccs1. The maximum atomic E-state index is 12.1. The second kappa shape index (κ2) is 5.66. The number of rotatable bonds is 5. The molecule has 0 saturated carbocycles. The second-order valence-electron chi connectivity index (χ2n) is 4.03. The number of carboxylic acids is 1. The molecule has 0 saturated heterocycles. The summed E-state index contributed by atoms with van der Waals surface area (Å²) < 4.78 is 1.58. The molecule has 0 aliphatic heterocycles. The van der Waals surface area contributed by atoms with Crippen molar-refractivity contribution in [2.24, 2.45) is 7.05 Å². The van der Waals surface area contributed by atoms with Gasteiger partial charge in [0.1, 0.15) is 5.69 Å². The summed E-state index contributed by atoms with van der Waals surface area (Å²) in [5.41, 5.74) is 0.395. The van der Waals surface area contributed by atoms with Crippen LogP contribution in [0.15, 0.2) is 30.0 Å². The van der Waals surface area contributed by atoms with Crippen molar-refractivity contribution in [2.75, 3.05) is 0 Å². The molecule has 1 atom stereocenters. The van der Waals surface area contributed by atoms with E-state index in [0.29, 0.717) is 5.69 Å². The number of amides is 1. The fourth-order valence-corrected chi connectivity index (χ4v) is 2.47. The molecule has 1 amide bonds. The van der Waals surface area contributed by atoms with Crippen molar-refractivity contribution < 1.29 is 14.7 Å². The van der Waals surface area contributed by atoms with Crippen LogP contribution in [0.4, 0.5) is 0 Å². The first-order chi connectivity index (χ1) is 9.08. The summed E-state index contributed by atoms with van der Waals surface area (Å²) in [6.07, 6.45) is 2.82. The van der Waals surface area contributed by atoms with Crippen LogP contribution < -0.4 is 5.32 Å². The predicted molar refractivity (Wildman–Crippen MR) is 70.0 cm³/mol. The van der Waals surface area contributed by atoms with Gasteiger partial charge in [-0.2, -0.15) is 0 Å². The van der Waals surface area contributed by atoms with Crippen molar-refractivity contribution in [3.63, 3.8) is 0 Å². The molecule has 0 aromatic carbocycles. The van der Waals surface area contributed by atoms with Gasteiger partial charge in [-0.15, -0.1) is 11.3 Å². The van der Waals surface area contributed by atoms with Crippen molar-refractivity contribution in [1.82, 2.24) is 14.9 Å². The number of thiophene rings is 1. The first kappa shape index (κ1) is 13.3. The van der Waals surface area contributed by atoms with Crippen LogP contribution in [0.5, 0.6) is 0 Å². The third-order valence-corrected chi connectivity index (χ3v) is 3.61. The quantitative estimate of drug-likeness (QED) is 0.867. The summed E-state index contributed by atoms with van der Waals surface area (Å²) in [7, 11) is 1.71. The lowest BCUT2D eigenvalue weighted by Gasteiger charge is -2.15. The van der Waals surface area contributed by atoms with Crippen molar-refractivity contribution in [2.45, 2.75) is 12.5 Å². The lowest BCUT2D eigenvalue weighted by atomic mass is 10.1. The van der Waals surface area contributed by atoms with Crippen LogP contribution in [0.1, 0.15) is 27.8 Å². The Morgan fingerprint density at radius 3 is 2.89 bits per heavy atom. The highest BCUT2D eigenvalue weighted by Crippen LogP contribution is 2.22. The molecule has 0 fully saturated rings. The number of nitrogens with one attached hydrogen (secondary N) is 1. The highest BCUT2D eigenvalue weighted by molar-refractivity contribution is 7.10. The Morgan fingerprint density at radius 2 is 2.37 bits per heavy atom. The number of carbonyl (C=O) groups is 2. The normalized spacial score (nSPS) is 12.1. The number of aryl methyl sites for hydroxylation is 1. The molecule has 0 radical (unpaired) electrons. The van der Waals surface area contributed by atoms with E-state index in [-0.39, 0.29) is 12.3 Å². The van der Waals surface area contributed by atoms with E-state index in [2.05, 4.69) is 10.3 Å². The largest absolute Gasteiger partial charge is 0.481 e. The van der Waals surface area contributed by atoms with Gasteiger partial charge in [-0.25, -0.2) is 4.98 Å². The molecule has 2 rings (SSSR count). The number of aliphatic carboxylic acids is 1. The van der Waals surface area contributed by atoms with Crippen LogP contribution in [-0.4, -0.2) is 26.5 Å². The van der Waals surface area contributed by atoms with Gasteiger partial charge < -0.3 is 15.0 Å². The van der Waals surface area contributed by atoms with E-state index in [4.69, 9.17) is 5.11 Å². The van der Waals surface area contributed by atoms with Gasteiger partial charge in [0.05, 0.1) is 25.0 Å². The van der Waals surface area contributed by atoms with Crippen molar-refractivity contribution in [1.29, 1.82) is 0 Å². The molecule has 100 valence electrons. The number of nitrogens with zero attached hydrogens (tertiary/aromatic N) is 2. The van der Waals surface area contributed by atoms with Gasteiger partial charge in [0.2, 0.25) is 0 Å². The van der Waals surface area contributed by atoms with E-state index in [0.717, 1.165) is 4.88 Å². The lowest BCUT2D eigenvalue weighted by molar-refractivity contribution is -0.137. The minimum absolute atomic E-state index is 0.149. The van der Waals surface area contributed by atoms with Crippen LogP contribution in [-0.2, 0) is 11.8 Å². The molecule has 19 heavy (non-hydrogen) atoms. The average molecular weight is 279 g/mol.